The van der Waals surface area contributed by atoms with Crippen molar-refractivity contribution in [2.75, 3.05) is 23.7 Å². The summed E-state index contributed by atoms with van der Waals surface area (Å²) in [6, 6.07) is 5.54. The summed E-state index contributed by atoms with van der Waals surface area (Å²) in [4.78, 5) is 26.9. The number of amides is 1. The molecule has 1 aliphatic heterocycles. The quantitative estimate of drug-likeness (QED) is 0.483. The highest BCUT2D eigenvalue weighted by atomic mass is 35.5. The largest absolute Gasteiger partial charge is 0.356 e. The number of rotatable bonds is 6. The Morgan fingerprint density at radius 1 is 1.33 bits per heavy atom. The molecule has 1 fully saturated rings. The molecule has 1 N–H and O–H groups in total. The Morgan fingerprint density at radius 2 is 2.17 bits per heavy atom. The third-order valence-electron chi connectivity index (χ3n) is 3.64. The van der Waals surface area contributed by atoms with Gasteiger partial charge in [-0.1, -0.05) is 29.4 Å². The van der Waals surface area contributed by atoms with Gasteiger partial charge in [0.05, 0.1) is 5.75 Å². The lowest BCUT2D eigenvalue weighted by molar-refractivity contribution is -0.118. The number of pyridine rings is 1. The van der Waals surface area contributed by atoms with E-state index in [2.05, 4.69) is 25.2 Å². The Bertz CT molecular complexity index is 694. The minimum absolute atomic E-state index is 0.0739. The molecule has 1 saturated heterocycles. The van der Waals surface area contributed by atoms with Crippen molar-refractivity contribution in [1.82, 2.24) is 20.3 Å². The van der Waals surface area contributed by atoms with E-state index in [1.165, 1.54) is 24.6 Å². The zero-order chi connectivity index (χ0) is 16.8. The van der Waals surface area contributed by atoms with E-state index >= 15 is 0 Å². The van der Waals surface area contributed by atoms with E-state index in [0.717, 1.165) is 24.5 Å². The van der Waals surface area contributed by atoms with Crippen LogP contribution in [0.3, 0.4) is 0 Å². The fourth-order valence-electron chi connectivity index (χ4n) is 2.44. The molecule has 24 heavy (non-hydrogen) atoms. The molecule has 2 aromatic rings. The van der Waals surface area contributed by atoms with Crippen molar-refractivity contribution in [3.8, 4) is 0 Å². The van der Waals surface area contributed by atoms with Gasteiger partial charge in [-0.2, -0.15) is 0 Å². The maximum Gasteiger partial charge on any atom is 0.230 e. The van der Waals surface area contributed by atoms with Crippen LogP contribution in [0.4, 0.5) is 5.82 Å². The number of nitrogens with one attached hydrogen (secondary N) is 1. The Hall–Kier alpha value is -1.86. The highest BCUT2D eigenvalue weighted by Crippen LogP contribution is 2.24. The van der Waals surface area contributed by atoms with Gasteiger partial charge in [-0.15, -0.1) is 0 Å². The van der Waals surface area contributed by atoms with E-state index in [1.807, 2.05) is 12.1 Å². The van der Waals surface area contributed by atoms with Gasteiger partial charge in [0.25, 0.3) is 0 Å². The molecule has 2 aromatic heterocycles. The molecule has 3 rings (SSSR count). The van der Waals surface area contributed by atoms with Crippen LogP contribution in [0, 0.1) is 0 Å². The first-order valence-electron chi connectivity index (χ1n) is 7.78. The molecule has 0 unspecified atom stereocenters. The Labute approximate surface area is 150 Å². The lowest BCUT2D eigenvalue weighted by Gasteiger charge is -2.16. The number of carbonyl (C=O) groups excluding carboxylic acids is 1. The van der Waals surface area contributed by atoms with Crippen molar-refractivity contribution < 1.29 is 4.79 Å². The van der Waals surface area contributed by atoms with Crippen LogP contribution in [0.5, 0.6) is 0 Å². The molecule has 126 valence electrons. The number of anilines is 1. The molecule has 0 radical (unpaired) electrons. The lowest BCUT2D eigenvalue weighted by atomic mass is 10.3. The van der Waals surface area contributed by atoms with E-state index in [0.29, 0.717) is 16.9 Å². The average molecular weight is 364 g/mol. The SMILES string of the molecule is O=C(CSc1nc(Cl)cc(N2CCCC2)n1)NCc1cccnc1. The first-order valence-corrected chi connectivity index (χ1v) is 9.15. The molecule has 1 aliphatic rings. The lowest BCUT2D eigenvalue weighted by Crippen LogP contribution is -2.24. The molecule has 3 heterocycles. The van der Waals surface area contributed by atoms with Gasteiger partial charge < -0.3 is 10.2 Å². The van der Waals surface area contributed by atoms with Crippen LogP contribution in [-0.2, 0) is 11.3 Å². The Kier molecular flexibility index (Phi) is 5.87. The molecule has 6 nitrogen and oxygen atoms in total. The first-order chi connectivity index (χ1) is 11.7. The number of hydrogen-bond acceptors (Lipinski definition) is 6. The number of aromatic nitrogens is 3. The maximum atomic E-state index is 12.0. The zero-order valence-electron chi connectivity index (χ0n) is 13.1. The van der Waals surface area contributed by atoms with Gasteiger partial charge >= 0.3 is 0 Å². The summed E-state index contributed by atoms with van der Waals surface area (Å²) in [6.45, 7) is 2.44. The number of carbonyl (C=O) groups is 1. The highest BCUT2D eigenvalue weighted by molar-refractivity contribution is 7.99. The topological polar surface area (TPSA) is 71.0 Å². The van der Waals surface area contributed by atoms with Crippen molar-refractivity contribution in [2.24, 2.45) is 0 Å². The van der Waals surface area contributed by atoms with Gasteiger partial charge in [-0.25, -0.2) is 9.97 Å². The smallest absolute Gasteiger partial charge is 0.230 e. The van der Waals surface area contributed by atoms with Crippen LogP contribution in [0.1, 0.15) is 18.4 Å². The Balaban J connectivity index is 1.53. The predicted octanol–water partition coefficient (Wildman–Crippen LogP) is 2.53. The summed E-state index contributed by atoms with van der Waals surface area (Å²) in [5.74, 6) is 1.01. The fourth-order valence-corrected chi connectivity index (χ4v) is 3.35. The molecule has 8 heteroatoms. The van der Waals surface area contributed by atoms with Gasteiger partial charge in [0.1, 0.15) is 11.0 Å². The van der Waals surface area contributed by atoms with Gasteiger partial charge in [-0.3, -0.25) is 9.78 Å². The minimum Gasteiger partial charge on any atom is -0.356 e. The van der Waals surface area contributed by atoms with Gasteiger partial charge in [0.15, 0.2) is 5.16 Å². The number of halogens is 1. The molecule has 0 bridgehead atoms. The third kappa shape index (κ3) is 4.82. The minimum atomic E-state index is -0.0739. The van der Waals surface area contributed by atoms with Crippen molar-refractivity contribution in [3.63, 3.8) is 0 Å². The van der Waals surface area contributed by atoms with Gasteiger partial charge in [0.2, 0.25) is 5.91 Å². The molecule has 0 spiro atoms. The second kappa shape index (κ2) is 8.30. The summed E-state index contributed by atoms with van der Waals surface area (Å²) in [5.41, 5.74) is 0.964. The third-order valence-corrected chi connectivity index (χ3v) is 4.68. The molecule has 0 atom stereocenters. The predicted molar refractivity (Wildman–Crippen MR) is 95.3 cm³/mol. The van der Waals surface area contributed by atoms with Crippen LogP contribution in [-0.4, -0.2) is 39.7 Å². The molecular weight excluding hydrogens is 346 g/mol. The van der Waals surface area contributed by atoms with E-state index in [-0.39, 0.29) is 11.7 Å². The fraction of sp³-hybridized carbons (Fsp3) is 0.375. The summed E-state index contributed by atoms with van der Waals surface area (Å²) in [6.07, 6.45) is 5.77. The van der Waals surface area contributed by atoms with E-state index in [4.69, 9.17) is 11.6 Å². The maximum absolute atomic E-state index is 12.0. The van der Waals surface area contributed by atoms with Crippen LogP contribution >= 0.6 is 23.4 Å². The number of thioether (sulfide) groups is 1. The summed E-state index contributed by atoms with van der Waals surface area (Å²) in [7, 11) is 0. The normalized spacial score (nSPS) is 14.0. The summed E-state index contributed by atoms with van der Waals surface area (Å²) >= 11 is 7.38. The van der Waals surface area contributed by atoms with Crippen LogP contribution in [0.2, 0.25) is 5.15 Å². The van der Waals surface area contributed by atoms with Crippen molar-refractivity contribution in [3.05, 3.63) is 41.3 Å². The molecule has 0 aliphatic carbocycles. The first kappa shape index (κ1) is 17.0. The molecule has 0 aromatic carbocycles. The van der Waals surface area contributed by atoms with Crippen LogP contribution in [0.15, 0.2) is 35.7 Å². The van der Waals surface area contributed by atoms with Gasteiger partial charge in [0, 0.05) is 38.1 Å². The average Bonchev–Trinajstić information content (AvgIpc) is 3.13. The van der Waals surface area contributed by atoms with E-state index in [1.54, 1.807) is 18.5 Å². The van der Waals surface area contributed by atoms with Crippen LogP contribution < -0.4 is 10.2 Å². The zero-order valence-corrected chi connectivity index (χ0v) is 14.7. The Morgan fingerprint density at radius 3 is 2.92 bits per heavy atom. The monoisotopic (exact) mass is 363 g/mol. The number of hydrogen-bond donors (Lipinski definition) is 1. The van der Waals surface area contributed by atoms with Crippen molar-refractivity contribution in [2.45, 2.75) is 24.5 Å². The van der Waals surface area contributed by atoms with Crippen molar-refractivity contribution in [1.29, 1.82) is 0 Å². The standard InChI is InChI=1S/C16H18ClN5OS/c17-13-8-14(22-6-1-2-7-22)21-16(20-13)24-11-15(23)19-10-12-4-3-5-18-9-12/h3-5,8-9H,1-2,6-7,10-11H2,(H,19,23). The molecule has 0 saturated carbocycles. The van der Waals surface area contributed by atoms with Gasteiger partial charge in [-0.05, 0) is 24.5 Å². The second-order valence-corrected chi connectivity index (χ2v) is 6.78. The van der Waals surface area contributed by atoms with Crippen molar-refractivity contribution >= 4 is 35.1 Å². The summed E-state index contributed by atoms with van der Waals surface area (Å²) in [5, 5.41) is 3.79. The number of nitrogens with zero attached hydrogens (tertiary/aromatic N) is 4. The second-order valence-electron chi connectivity index (χ2n) is 5.45. The molecular formula is C16H18ClN5OS. The molecule has 1 amide bonds. The van der Waals surface area contributed by atoms with E-state index < -0.39 is 0 Å². The highest BCUT2D eigenvalue weighted by Gasteiger charge is 2.16. The van der Waals surface area contributed by atoms with E-state index in [9.17, 15) is 4.79 Å². The van der Waals surface area contributed by atoms with Crippen LogP contribution in [0.25, 0.3) is 0 Å². The summed E-state index contributed by atoms with van der Waals surface area (Å²) < 4.78 is 0.